The van der Waals surface area contributed by atoms with Gasteiger partial charge in [-0.2, -0.15) is 13.2 Å². The monoisotopic (exact) mass is 466 g/mol. The predicted molar refractivity (Wildman–Crippen MR) is 130 cm³/mol. The Bertz CT molecular complexity index is 1170. The van der Waals surface area contributed by atoms with Crippen LogP contribution in [0.3, 0.4) is 0 Å². The highest BCUT2D eigenvalue weighted by molar-refractivity contribution is 5.85. The lowest BCUT2D eigenvalue weighted by molar-refractivity contribution is -0.137. The number of benzene rings is 3. The normalized spacial score (nSPS) is 18.5. The van der Waals surface area contributed by atoms with E-state index in [-0.39, 0.29) is 11.4 Å². The fraction of sp³-hybridized carbons (Fsp3) is 0.400. The molecule has 1 saturated carbocycles. The molecule has 4 heteroatoms. The standard InChI is InChI=1S/C30H30F4/c1-2-3-4-5-21-6-11-23(12-7-21)25-16-19-28-26(20-25)15-14-24(29(28)31)13-8-22-9-17-27(18-10-22)30(32,33)34/h9-10,14-21,23H,2-7,11-12H2,1H3. The Morgan fingerprint density at radius 3 is 2.26 bits per heavy atom. The van der Waals surface area contributed by atoms with Gasteiger partial charge in [-0.15, -0.1) is 0 Å². The van der Waals surface area contributed by atoms with Gasteiger partial charge in [0.15, 0.2) is 0 Å². The maximum atomic E-state index is 15.1. The molecular weight excluding hydrogens is 436 g/mol. The van der Waals surface area contributed by atoms with Crippen LogP contribution in [0.4, 0.5) is 17.6 Å². The molecule has 4 rings (SSSR count). The van der Waals surface area contributed by atoms with E-state index in [1.807, 2.05) is 18.2 Å². The summed E-state index contributed by atoms with van der Waals surface area (Å²) in [4.78, 5) is 0. The number of hydrogen-bond acceptors (Lipinski definition) is 0. The minimum absolute atomic E-state index is 0.243. The van der Waals surface area contributed by atoms with Crippen LogP contribution >= 0.6 is 0 Å². The van der Waals surface area contributed by atoms with Crippen molar-refractivity contribution in [1.29, 1.82) is 0 Å². The van der Waals surface area contributed by atoms with E-state index in [0.29, 0.717) is 16.9 Å². The van der Waals surface area contributed by atoms with Gasteiger partial charge in [0.1, 0.15) is 5.82 Å². The average molecular weight is 467 g/mol. The van der Waals surface area contributed by atoms with E-state index >= 15 is 4.39 Å². The lowest BCUT2D eigenvalue weighted by atomic mass is 9.77. The lowest BCUT2D eigenvalue weighted by Gasteiger charge is -2.29. The molecule has 34 heavy (non-hydrogen) atoms. The molecule has 3 aromatic carbocycles. The first-order valence-electron chi connectivity index (χ1n) is 12.3. The van der Waals surface area contributed by atoms with Gasteiger partial charge < -0.3 is 0 Å². The van der Waals surface area contributed by atoms with Gasteiger partial charge in [0.2, 0.25) is 0 Å². The first-order valence-corrected chi connectivity index (χ1v) is 12.3. The van der Waals surface area contributed by atoms with E-state index in [2.05, 4.69) is 24.8 Å². The maximum Gasteiger partial charge on any atom is 0.416 e. The summed E-state index contributed by atoms with van der Waals surface area (Å²) in [5, 5.41) is 1.39. The van der Waals surface area contributed by atoms with Crippen LogP contribution in [-0.2, 0) is 6.18 Å². The molecule has 0 N–H and O–H groups in total. The molecule has 0 aliphatic heterocycles. The lowest BCUT2D eigenvalue weighted by Crippen LogP contribution is -2.13. The molecule has 0 amide bonds. The zero-order valence-corrected chi connectivity index (χ0v) is 19.5. The number of alkyl halides is 3. The Hall–Kier alpha value is -2.80. The minimum atomic E-state index is -4.39. The third kappa shape index (κ3) is 5.81. The first kappa shape index (κ1) is 24.3. The van der Waals surface area contributed by atoms with Crippen molar-refractivity contribution in [2.75, 3.05) is 0 Å². The van der Waals surface area contributed by atoms with Crippen molar-refractivity contribution in [2.45, 2.75) is 70.4 Å². The molecule has 0 saturated heterocycles. The number of halogens is 4. The highest BCUT2D eigenvalue weighted by Gasteiger charge is 2.29. The van der Waals surface area contributed by atoms with Gasteiger partial charge in [-0.05, 0) is 78.8 Å². The van der Waals surface area contributed by atoms with E-state index < -0.39 is 11.7 Å². The third-order valence-electron chi connectivity index (χ3n) is 7.07. The SMILES string of the molecule is CCCCCC1CCC(c2ccc3c(F)c(C#Cc4ccc(C(F)(F)F)cc4)ccc3c2)CC1. The van der Waals surface area contributed by atoms with E-state index in [4.69, 9.17) is 0 Å². The van der Waals surface area contributed by atoms with Crippen LogP contribution in [0, 0.1) is 23.6 Å². The fourth-order valence-corrected chi connectivity index (χ4v) is 5.01. The molecule has 1 aliphatic carbocycles. The molecule has 0 aromatic heterocycles. The second-order valence-electron chi connectivity index (χ2n) is 9.45. The maximum absolute atomic E-state index is 15.1. The van der Waals surface area contributed by atoms with Crippen LogP contribution in [0.15, 0.2) is 54.6 Å². The van der Waals surface area contributed by atoms with Gasteiger partial charge in [0.25, 0.3) is 0 Å². The molecule has 1 aliphatic rings. The van der Waals surface area contributed by atoms with Gasteiger partial charge in [-0.1, -0.05) is 68.7 Å². The van der Waals surface area contributed by atoms with Crippen LogP contribution < -0.4 is 0 Å². The number of rotatable bonds is 5. The van der Waals surface area contributed by atoms with Crippen LogP contribution in [-0.4, -0.2) is 0 Å². The highest BCUT2D eigenvalue weighted by Crippen LogP contribution is 2.39. The molecular formula is C30H30F4. The summed E-state index contributed by atoms with van der Waals surface area (Å²) in [5.41, 5.74) is 1.21. The quantitative estimate of drug-likeness (QED) is 0.200. The topological polar surface area (TPSA) is 0 Å². The molecule has 0 bridgehead atoms. The van der Waals surface area contributed by atoms with Gasteiger partial charge in [-0.3, -0.25) is 0 Å². The van der Waals surface area contributed by atoms with Crippen molar-refractivity contribution in [3.63, 3.8) is 0 Å². The minimum Gasteiger partial charge on any atom is -0.205 e. The summed E-state index contributed by atoms with van der Waals surface area (Å²) in [5.74, 6) is 6.55. The fourth-order valence-electron chi connectivity index (χ4n) is 5.01. The van der Waals surface area contributed by atoms with Gasteiger partial charge in [-0.25, -0.2) is 4.39 Å². The van der Waals surface area contributed by atoms with Crippen molar-refractivity contribution in [3.8, 4) is 11.8 Å². The molecule has 178 valence electrons. The molecule has 0 atom stereocenters. The van der Waals surface area contributed by atoms with E-state index in [0.717, 1.165) is 23.4 Å². The van der Waals surface area contributed by atoms with Crippen LogP contribution in [0.25, 0.3) is 10.8 Å². The van der Waals surface area contributed by atoms with Crippen molar-refractivity contribution in [3.05, 3.63) is 82.7 Å². The Morgan fingerprint density at radius 2 is 1.59 bits per heavy atom. The van der Waals surface area contributed by atoms with Crippen molar-refractivity contribution in [1.82, 2.24) is 0 Å². The summed E-state index contributed by atoms with van der Waals surface area (Å²) in [6.07, 6.45) is 5.84. The molecule has 0 radical (unpaired) electrons. The van der Waals surface area contributed by atoms with Crippen LogP contribution in [0.2, 0.25) is 0 Å². The van der Waals surface area contributed by atoms with Crippen LogP contribution in [0.1, 0.15) is 86.5 Å². The number of unbranched alkanes of at least 4 members (excludes halogenated alkanes) is 2. The largest absolute Gasteiger partial charge is 0.416 e. The third-order valence-corrected chi connectivity index (χ3v) is 7.07. The molecule has 0 unspecified atom stereocenters. The number of hydrogen-bond donors (Lipinski definition) is 0. The van der Waals surface area contributed by atoms with Crippen molar-refractivity contribution < 1.29 is 17.6 Å². The van der Waals surface area contributed by atoms with Crippen LogP contribution in [0.5, 0.6) is 0 Å². The zero-order valence-electron chi connectivity index (χ0n) is 19.5. The number of fused-ring (bicyclic) bond motifs is 1. The predicted octanol–water partition coefficient (Wildman–Crippen LogP) is 9.25. The molecule has 0 spiro atoms. The second kappa shape index (κ2) is 10.6. The van der Waals surface area contributed by atoms with Crippen molar-refractivity contribution in [2.24, 2.45) is 5.92 Å². The Morgan fingerprint density at radius 1 is 0.853 bits per heavy atom. The first-order chi connectivity index (χ1) is 16.3. The Kier molecular flexibility index (Phi) is 7.61. The van der Waals surface area contributed by atoms with Crippen molar-refractivity contribution >= 4 is 10.8 Å². The smallest absolute Gasteiger partial charge is 0.205 e. The van der Waals surface area contributed by atoms with Gasteiger partial charge >= 0.3 is 6.18 Å². The summed E-state index contributed by atoms with van der Waals surface area (Å²) in [7, 11) is 0. The summed E-state index contributed by atoms with van der Waals surface area (Å²) in [6.45, 7) is 2.24. The average Bonchev–Trinajstić information content (AvgIpc) is 2.84. The molecule has 0 nitrogen and oxygen atoms in total. The Balaban J connectivity index is 1.46. The zero-order chi connectivity index (χ0) is 24.1. The van der Waals surface area contributed by atoms with E-state index in [9.17, 15) is 13.2 Å². The summed E-state index contributed by atoms with van der Waals surface area (Å²) in [6, 6.07) is 14.1. The van der Waals surface area contributed by atoms with E-state index in [1.54, 1.807) is 6.07 Å². The summed E-state index contributed by atoms with van der Waals surface area (Å²) < 4.78 is 53.2. The molecule has 3 aromatic rings. The molecule has 1 fully saturated rings. The van der Waals surface area contributed by atoms with Gasteiger partial charge in [0, 0.05) is 10.9 Å². The molecule has 0 heterocycles. The Labute approximate surface area is 199 Å². The van der Waals surface area contributed by atoms with Gasteiger partial charge in [0.05, 0.1) is 11.1 Å². The second-order valence-corrected chi connectivity index (χ2v) is 9.45. The van der Waals surface area contributed by atoms with E-state index in [1.165, 1.54) is 69.1 Å². The summed E-state index contributed by atoms with van der Waals surface area (Å²) >= 11 is 0. The highest BCUT2D eigenvalue weighted by atomic mass is 19.4.